The van der Waals surface area contributed by atoms with Gasteiger partial charge < -0.3 is 5.32 Å². The zero-order valence-corrected chi connectivity index (χ0v) is 11.6. The van der Waals surface area contributed by atoms with Crippen molar-refractivity contribution in [3.05, 3.63) is 69.9 Å². The largest absolute Gasteiger partial charge is 0.312 e. The maximum atomic E-state index is 12.8. The molecule has 0 amide bonds. The average Bonchev–Trinajstić information content (AvgIpc) is 3.02. The molecule has 4 rings (SSSR count). The van der Waals surface area contributed by atoms with Gasteiger partial charge in [0.1, 0.15) is 0 Å². The molecule has 0 unspecified atom stereocenters. The fourth-order valence-corrected chi connectivity index (χ4v) is 3.01. The summed E-state index contributed by atoms with van der Waals surface area (Å²) in [5.74, 6) is 0.726. The molecule has 0 bridgehead atoms. The lowest BCUT2D eigenvalue weighted by molar-refractivity contribution is 0.596. The second kappa shape index (κ2) is 4.86. The van der Waals surface area contributed by atoms with E-state index in [-0.39, 0.29) is 5.56 Å². The molecular formula is C16H16N4O. The molecule has 2 aromatic heterocycles. The third-order valence-electron chi connectivity index (χ3n) is 4.03. The van der Waals surface area contributed by atoms with E-state index in [1.807, 2.05) is 36.5 Å². The van der Waals surface area contributed by atoms with Crippen LogP contribution in [0.1, 0.15) is 16.8 Å². The molecule has 1 aliphatic heterocycles. The van der Waals surface area contributed by atoms with Gasteiger partial charge in [-0.1, -0.05) is 30.3 Å². The summed E-state index contributed by atoms with van der Waals surface area (Å²) in [6.07, 6.45) is 4.57. The molecule has 0 saturated heterocycles. The maximum absolute atomic E-state index is 12.8. The zero-order chi connectivity index (χ0) is 14.2. The van der Waals surface area contributed by atoms with E-state index in [0.717, 1.165) is 35.6 Å². The van der Waals surface area contributed by atoms with Crippen molar-refractivity contribution in [2.24, 2.45) is 0 Å². The lowest BCUT2D eigenvalue weighted by atomic mass is 10.1. The number of nitrogens with one attached hydrogen (secondary N) is 1. The Hall–Kier alpha value is -2.40. The van der Waals surface area contributed by atoms with Crippen LogP contribution >= 0.6 is 0 Å². The molecule has 1 N–H and O–H groups in total. The predicted molar refractivity (Wildman–Crippen MR) is 80.4 cm³/mol. The maximum Gasteiger partial charge on any atom is 0.259 e. The van der Waals surface area contributed by atoms with Gasteiger partial charge in [0, 0.05) is 37.6 Å². The minimum absolute atomic E-state index is 0.0692. The van der Waals surface area contributed by atoms with Crippen LogP contribution in [-0.2, 0) is 19.5 Å². The lowest BCUT2D eigenvalue weighted by Crippen LogP contribution is -2.36. The smallest absolute Gasteiger partial charge is 0.259 e. The van der Waals surface area contributed by atoms with E-state index in [4.69, 9.17) is 0 Å². The van der Waals surface area contributed by atoms with Crippen LogP contribution in [0.4, 0.5) is 0 Å². The molecule has 0 spiro atoms. The van der Waals surface area contributed by atoms with Crippen LogP contribution < -0.4 is 10.9 Å². The number of benzene rings is 1. The number of nitrogens with zero attached hydrogens (tertiary/aromatic N) is 3. The second-order valence-electron chi connectivity index (χ2n) is 5.33. The minimum Gasteiger partial charge on any atom is -0.312 e. The number of rotatable bonds is 2. The second-order valence-corrected chi connectivity index (χ2v) is 5.33. The van der Waals surface area contributed by atoms with Crippen LogP contribution in [0.2, 0.25) is 0 Å². The van der Waals surface area contributed by atoms with E-state index >= 15 is 0 Å². The van der Waals surface area contributed by atoms with Gasteiger partial charge in [0.2, 0.25) is 5.78 Å². The lowest BCUT2D eigenvalue weighted by Gasteiger charge is -2.20. The standard InChI is InChI=1S/C16H16N4O/c21-15-13-10-17-7-6-14(13)19-9-8-18-16(19)20(15)11-12-4-2-1-3-5-12/h1-5,8-9,17H,6-7,10-11H2. The highest BCUT2D eigenvalue weighted by molar-refractivity contribution is 5.38. The van der Waals surface area contributed by atoms with Gasteiger partial charge in [-0.25, -0.2) is 4.98 Å². The van der Waals surface area contributed by atoms with Crippen molar-refractivity contribution >= 4 is 5.78 Å². The zero-order valence-electron chi connectivity index (χ0n) is 11.6. The van der Waals surface area contributed by atoms with E-state index in [1.165, 1.54) is 0 Å². The molecule has 5 heteroatoms. The molecule has 0 fully saturated rings. The van der Waals surface area contributed by atoms with Gasteiger partial charge in [-0.15, -0.1) is 0 Å². The SMILES string of the molecule is O=c1c2c(n3ccnc3n1Cc1ccccc1)CCNC2. The Balaban J connectivity index is 1.94. The summed E-state index contributed by atoms with van der Waals surface area (Å²) in [5, 5.41) is 3.28. The molecule has 5 nitrogen and oxygen atoms in total. The Kier molecular flexibility index (Phi) is 2.86. The number of hydrogen-bond donors (Lipinski definition) is 1. The highest BCUT2D eigenvalue weighted by Gasteiger charge is 2.19. The summed E-state index contributed by atoms with van der Waals surface area (Å²) in [6.45, 7) is 2.09. The Morgan fingerprint density at radius 2 is 2.10 bits per heavy atom. The van der Waals surface area contributed by atoms with Gasteiger partial charge in [0.25, 0.3) is 5.56 Å². The Morgan fingerprint density at radius 3 is 2.95 bits per heavy atom. The van der Waals surface area contributed by atoms with Crippen molar-refractivity contribution in [1.82, 2.24) is 19.3 Å². The van der Waals surface area contributed by atoms with Crippen LogP contribution in [0.3, 0.4) is 0 Å². The van der Waals surface area contributed by atoms with Gasteiger partial charge in [-0.3, -0.25) is 13.8 Å². The highest BCUT2D eigenvalue weighted by Crippen LogP contribution is 2.14. The van der Waals surface area contributed by atoms with Crippen molar-refractivity contribution in [3.63, 3.8) is 0 Å². The van der Waals surface area contributed by atoms with Crippen LogP contribution in [0, 0.1) is 0 Å². The first-order valence-electron chi connectivity index (χ1n) is 7.17. The van der Waals surface area contributed by atoms with Crippen LogP contribution in [0.5, 0.6) is 0 Å². The molecule has 1 aromatic carbocycles. The summed E-state index contributed by atoms with van der Waals surface area (Å²) in [7, 11) is 0. The van der Waals surface area contributed by atoms with E-state index in [1.54, 1.807) is 10.8 Å². The topological polar surface area (TPSA) is 51.3 Å². The van der Waals surface area contributed by atoms with Crippen LogP contribution in [-0.4, -0.2) is 20.5 Å². The molecule has 3 aromatic rings. The normalized spacial score (nSPS) is 14.3. The molecule has 0 atom stereocenters. The first kappa shape index (κ1) is 12.3. The van der Waals surface area contributed by atoms with Gasteiger partial charge in [0.15, 0.2) is 0 Å². The molecule has 0 aliphatic carbocycles. The van der Waals surface area contributed by atoms with E-state index < -0.39 is 0 Å². The quantitative estimate of drug-likeness (QED) is 0.767. The summed E-state index contributed by atoms with van der Waals surface area (Å²) in [4.78, 5) is 17.2. The fraction of sp³-hybridized carbons (Fsp3) is 0.250. The van der Waals surface area contributed by atoms with Crippen molar-refractivity contribution in [2.75, 3.05) is 6.54 Å². The van der Waals surface area contributed by atoms with Gasteiger partial charge >= 0.3 is 0 Å². The van der Waals surface area contributed by atoms with Crippen LogP contribution in [0.25, 0.3) is 5.78 Å². The Bertz CT molecular complexity index is 848. The number of hydrogen-bond acceptors (Lipinski definition) is 3. The number of aromatic nitrogens is 3. The van der Waals surface area contributed by atoms with Gasteiger partial charge in [-0.05, 0) is 5.56 Å². The third-order valence-corrected chi connectivity index (χ3v) is 4.03. The summed E-state index contributed by atoms with van der Waals surface area (Å²) < 4.78 is 3.82. The monoisotopic (exact) mass is 280 g/mol. The molecule has 21 heavy (non-hydrogen) atoms. The molecule has 0 saturated carbocycles. The number of imidazole rings is 1. The molecular weight excluding hydrogens is 264 g/mol. The molecule has 0 radical (unpaired) electrons. The Labute approximate surface area is 121 Å². The van der Waals surface area contributed by atoms with Gasteiger partial charge in [0.05, 0.1) is 12.1 Å². The number of fused-ring (bicyclic) bond motifs is 3. The third kappa shape index (κ3) is 1.97. The van der Waals surface area contributed by atoms with Crippen molar-refractivity contribution < 1.29 is 0 Å². The summed E-state index contributed by atoms with van der Waals surface area (Å²) in [6, 6.07) is 10.0. The summed E-state index contributed by atoms with van der Waals surface area (Å²) >= 11 is 0. The molecule has 106 valence electrons. The molecule has 3 heterocycles. The van der Waals surface area contributed by atoms with E-state index in [9.17, 15) is 4.79 Å². The van der Waals surface area contributed by atoms with Crippen molar-refractivity contribution in [3.8, 4) is 0 Å². The van der Waals surface area contributed by atoms with Crippen LogP contribution in [0.15, 0.2) is 47.5 Å². The first-order chi connectivity index (χ1) is 10.3. The van der Waals surface area contributed by atoms with Crippen molar-refractivity contribution in [2.45, 2.75) is 19.5 Å². The minimum atomic E-state index is 0.0692. The first-order valence-corrected chi connectivity index (χ1v) is 7.17. The predicted octanol–water partition coefficient (Wildman–Crippen LogP) is 1.19. The Morgan fingerprint density at radius 1 is 1.24 bits per heavy atom. The average molecular weight is 280 g/mol. The molecule has 1 aliphatic rings. The van der Waals surface area contributed by atoms with E-state index in [2.05, 4.69) is 14.7 Å². The van der Waals surface area contributed by atoms with Crippen molar-refractivity contribution in [1.29, 1.82) is 0 Å². The van der Waals surface area contributed by atoms with E-state index in [0.29, 0.717) is 13.1 Å². The summed E-state index contributed by atoms with van der Waals surface area (Å²) in [5.41, 5.74) is 3.13. The fourth-order valence-electron chi connectivity index (χ4n) is 3.01. The highest BCUT2D eigenvalue weighted by atomic mass is 16.1. The van der Waals surface area contributed by atoms with Gasteiger partial charge in [-0.2, -0.15) is 0 Å².